The molecule has 0 saturated carbocycles. The average Bonchev–Trinajstić information content (AvgIpc) is 1.76. The highest BCUT2D eigenvalue weighted by atomic mass is 16.2. The van der Waals surface area contributed by atoms with E-state index >= 15 is 0 Å². The van der Waals surface area contributed by atoms with Gasteiger partial charge in [-0.1, -0.05) is 0 Å². The van der Waals surface area contributed by atoms with Crippen LogP contribution in [-0.2, 0) is 9.59 Å². The van der Waals surface area contributed by atoms with Crippen LogP contribution in [0.25, 0.3) is 0 Å². The van der Waals surface area contributed by atoms with E-state index in [1.165, 1.54) is 0 Å². The molecule has 0 aromatic carbocycles. The van der Waals surface area contributed by atoms with Crippen LogP contribution in [0.3, 0.4) is 0 Å². The Morgan fingerprint density at radius 2 is 2.08 bits per heavy atom. The van der Waals surface area contributed by atoms with E-state index in [1.807, 2.05) is 0 Å². The largest absolute Gasteiger partial charge is 0.368 e. The molecule has 2 aliphatic rings. The van der Waals surface area contributed by atoms with Crippen LogP contribution in [0, 0.1) is 5.92 Å². The Labute approximate surface area is 76.3 Å². The van der Waals surface area contributed by atoms with Gasteiger partial charge in [0.25, 0.3) is 0 Å². The van der Waals surface area contributed by atoms with Gasteiger partial charge in [-0.05, 0) is 6.42 Å². The summed E-state index contributed by atoms with van der Waals surface area (Å²) in [5.74, 6) is -0.233. The minimum Gasteiger partial charge on any atom is -0.368 e. The number of likely N-dealkylation sites (tertiary alicyclic amines) is 1. The third kappa shape index (κ3) is 1.29. The summed E-state index contributed by atoms with van der Waals surface area (Å²) < 4.78 is 0. The summed E-state index contributed by atoms with van der Waals surface area (Å²) in [4.78, 5) is 24.0. The van der Waals surface area contributed by atoms with Crippen LogP contribution >= 0.6 is 0 Å². The van der Waals surface area contributed by atoms with Gasteiger partial charge in [-0.2, -0.15) is 0 Å². The van der Waals surface area contributed by atoms with Crippen molar-refractivity contribution in [2.75, 3.05) is 19.6 Å². The molecule has 1 unspecified atom stereocenters. The number of nitrogens with two attached hydrogens (primary N) is 1. The van der Waals surface area contributed by atoms with Gasteiger partial charge >= 0.3 is 0 Å². The summed E-state index contributed by atoms with van der Waals surface area (Å²) in [6, 6.07) is -0.340. The molecule has 72 valence electrons. The number of hydrogen-bond acceptors (Lipinski definition) is 3. The fourth-order valence-electron chi connectivity index (χ4n) is 1.64. The predicted octanol–water partition coefficient (Wildman–Crippen LogP) is -1.71. The van der Waals surface area contributed by atoms with Crippen LogP contribution in [-0.4, -0.2) is 42.4 Å². The average molecular weight is 183 g/mol. The zero-order valence-corrected chi connectivity index (χ0v) is 7.32. The van der Waals surface area contributed by atoms with Gasteiger partial charge in [-0.3, -0.25) is 9.59 Å². The lowest BCUT2D eigenvalue weighted by atomic mass is 9.95. The summed E-state index contributed by atoms with van der Waals surface area (Å²) >= 11 is 0. The smallest absolute Gasteiger partial charge is 0.240 e. The minimum absolute atomic E-state index is 0.0714. The monoisotopic (exact) mass is 183 g/mol. The molecular formula is C8H13N3O2. The Morgan fingerprint density at radius 1 is 1.38 bits per heavy atom. The standard InChI is InChI=1S/C8H13N3O2/c9-7(12)6-1-2-11(6)8(13)5-3-10-4-5/h5-6,10H,1-4H2,(H2,9,12). The molecule has 2 amide bonds. The molecule has 0 aliphatic carbocycles. The van der Waals surface area contributed by atoms with Crippen molar-refractivity contribution in [3.8, 4) is 0 Å². The molecule has 0 bridgehead atoms. The number of nitrogens with zero attached hydrogens (tertiary/aromatic N) is 1. The molecule has 3 N–H and O–H groups in total. The van der Waals surface area contributed by atoms with Gasteiger partial charge in [0.15, 0.2) is 0 Å². The summed E-state index contributed by atoms with van der Waals surface area (Å²) in [5, 5.41) is 3.03. The van der Waals surface area contributed by atoms with Gasteiger partial charge in [-0.25, -0.2) is 0 Å². The van der Waals surface area contributed by atoms with E-state index in [0.29, 0.717) is 6.54 Å². The van der Waals surface area contributed by atoms with E-state index < -0.39 is 0 Å². The highest BCUT2D eigenvalue weighted by Crippen LogP contribution is 2.21. The van der Waals surface area contributed by atoms with Crippen molar-refractivity contribution in [1.29, 1.82) is 0 Å². The van der Waals surface area contributed by atoms with E-state index in [-0.39, 0.29) is 23.8 Å². The first-order valence-electron chi connectivity index (χ1n) is 4.50. The Bertz CT molecular complexity index is 250. The third-order valence-electron chi connectivity index (χ3n) is 2.76. The van der Waals surface area contributed by atoms with Gasteiger partial charge in [0, 0.05) is 19.6 Å². The first-order valence-corrected chi connectivity index (χ1v) is 4.50. The van der Waals surface area contributed by atoms with Crippen LogP contribution < -0.4 is 11.1 Å². The minimum atomic E-state index is -0.383. The molecule has 5 heteroatoms. The highest BCUT2D eigenvalue weighted by molar-refractivity contribution is 5.89. The summed E-state index contributed by atoms with van der Waals surface area (Å²) in [6.45, 7) is 2.16. The topological polar surface area (TPSA) is 75.4 Å². The molecule has 0 aromatic rings. The number of rotatable bonds is 2. The van der Waals surface area contributed by atoms with Crippen LogP contribution in [0.1, 0.15) is 6.42 Å². The molecule has 13 heavy (non-hydrogen) atoms. The fourth-order valence-corrected chi connectivity index (χ4v) is 1.64. The quantitative estimate of drug-likeness (QED) is 0.535. The van der Waals surface area contributed by atoms with Crippen LogP contribution in [0.4, 0.5) is 0 Å². The zero-order valence-electron chi connectivity index (χ0n) is 7.32. The van der Waals surface area contributed by atoms with Gasteiger partial charge in [-0.15, -0.1) is 0 Å². The SMILES string of the molecule is NC(=O)C1CCN1C(=O)C1CNC1. The molecule has 0 spiro atoms. The Balaban J connectivity index is 1.93. The normalized spacial score (nSPS) is 27.7. The molecular weight excluding hydrogens is 170 g/mol. The first kappa shape index (κ1) is 8.50. The number of carbonyl (C=O) groups excluding carboxylic acids is 2. The molecule has 2 saturated heterocycles. The van der Waals surface area contributed by atoms with Crippen molar-refractivity contribution in [2.24, 2.45) is 11.7 Å². The van der Waals surface area contributed by atoms with Crippen LogP contribution in [0.5, 0.6) is 0 Å². The Morgan fingerprint density at radius 3 is 2.38 bits per heavy atom. The van der Waals surface area contributed by atoms with Crippen LogP contribution in [0.2, 0.25) is 0 Å². The molecule has 5 nitrogen and oxygen atoms in total. The number of nitrogens with one attached hydrogen (secondary N) is 1. The van der Waals surface area contributed by atoms with Crippen molar-refractivity contribution in [1.82, 2.24) is 10.2 Å². The summed E-state index contributed by atoms with van der Waals surface area (Å²) in [5.41, 5.74) is 5.14. The Hall–Kier alpha value is -1.10. The molecule has 1 atom stereocenters. The second-order valence-corrected chi connectivity index (χ2v) is 3.59. The van der Waals surface area contributed by atoms with Crippen molar-refractivity contribution in [3.05, 3.63) is 0 Å². The number of amides is 2. The summed E-state index contributed by atoms with van der Waals surface area (Å²) in [6.07, 6.45) is 0.723. The lowest BCUT2D eigenvalue weighted by molar-refractivity contribution is -0.150. The number of carbonyl (C=O) groups is 2. The van der Waals surface area contributed by atoms with E-state index in [9.17, 15) is 9.59 Å². The Kier molecular flexibility index (Phi) is 1.95. The van der Waals surface area contributed by atoms with E-state index in [1.54, 1.807) is 4.90 Å². The van der Waals surface area contributed by atoms with Gasteiger partial charge in [0.2, 0.25) is 11.8 Å². The molecule has 2 rings (SSSR count). The lowest BCUT2D eigenvalue weighted by Crippen LogP contribution is -2.62. The molecule has 2 aliphatic heterocycles. The van der Waals surface area contributed by atoms with Gasteiger partial charge in [0.1, 0.15) is 6.04 Å². The van der Waals surface area contributed by atoms with E-state index in [0.717, 1.165) is 19.5 Å². The van der Waals surface area contributed by atoms with Gasteiger partial charge < -0.3 is 16.0 Å². The van der Waals surface area contributed by atoms with Crippen LogP contribution in [0.15, 0.2) is 0 Å². The lowest BCUT2D eigenvalue weighted by Gasteiger charge is -2.42. The van der Waals surface area contributed by atoms with Crippen molar-refractivity contribution < 1.29 is 9.59 Å². The van der Waals surface area contributed by atoms with Gasteiger partial charge in [0.05, 0.1) is 5.92 Å². The number of primary amides is 1. The molecule has 2 heterocycles. The third-order valence-corrected chi connectivity index (χ3v) is 2.76. The van der Waals surface area contributed by atoms with E-state index in [2.05, 4.69) is 5.32 Å². The first-order chi connectivity index (χ1) is 6.20. The number of hydrogen-bond donors (Lipinski definition) is 2. The molecule has 0 aromatic heterocycles. The predicted molar refractivity (Wildman–Crippen MR) is 45.7 cm³/mol. The van der Waals surface area contributed by atoms with Crippen molar-refractivity contribution in [2.45, 2.75) is 12.5 Å². The highest BCUT2D eigenvalue weighted by Gasteiger charge is 2.40. The van der Waals surface area contributed by atoms with E-state index in [4.69, 9.17) is 5.73 Å². The maximum atomic E-state index is 11.6. The fraction of sp³-hybridized carbons (Fsp3) is 0.750. The molecule has 2 fully saturated rings. The molecule has 0 radical (unpaired) electrons. The second kappa shape index (κ2) is 2.99. The second-order valence-electron chi connectivity index (χ2n) is 3.59. The van der Waals surface area contributed by atoms with Crippen molar-refractivity contribution in [3.63, 3.8) is 0 Å². The zero-order chi connectivity index (χ0) is 9.42. The maximum absolute atomic E-state index is 11.6. The summed E-state index contributed by atoms with van der Waals surface area (Å²) in [7, 11) is 0. The van der Waals surface area contributed by atoms with Crippen molar-refractivity contribution >= 4 is 11.8 Å². The maximum Gasteiger partial charge on any atom is 0.240 e.